The lowest BCUT2D eigenvalue weighted by Gasteiger charge is -2.17. The molecule has 1 aromatic carbocycles. The summed E-state index contributed by atoms with van der Waals surface area (Å²) in [5.41, 5.74) is 11.3. The molecule has 0 aliphatic heterocycles. The summed E-state index contributed by atoms with van der Waals surface area (Å²) >= 11 is 9.06. The van der Waals surface area contributed by atoms with E-state index < -0.39 is 12.0 Å². The van der Waals surface area contributed by atoms with Gasteiger partial charge in [0.2, 0.25) is 0 Å². The zero-order chi connectivity index (χ0) is 12.3. The summed E-state index contributed by atoms with van der Waals surface area (Å²) in [6.07, 6.45) is -0.219. The average molecular weight is 308 g/mol. The third kappa shape index (κ3) is 3.02. The van der Waals surface area contributed by atoms with Gasteiger partial charge in [-0.3, -0.25) is 4.79 Å². The fourth-order valence-electron chi connectivity index (χ4n) is 1.19. The lowest BCUT2D eigenvalue weighted by atomic mass is 10.2. The molecular weight excluding hydrogens is 295 g/mol. The van der Waals surface area contributed by atoms with Gasteiger partial charge in [-0.2, -0.15) is 0 Å². The fraction of sp³-hybridized carbons (Fsp3) is 0.300. The number of halogens is 2. The first-order chi connectivity index (χ1) is 7.45. The minimum Gasteiger partial charge on any atom is -0.477 e. The molecule has 1 unspecified atom stereocenters. The molecule has 6 heteroatoms. The monoisotopic (exact) mass is 306 g/mol. The highest BCUT2D eigenvalue weighted by molar-refractivity contribution is 9.10. The van der Waals surface area contributed by atoms with E-state index >= 15 is 0 Å². The topological polar surface area (TPSA) is 78.3 Å². The molecule has 4 N–H and O–H groups in total. The van der Waals surface area contributed by atoms with Crippen LogP contribution in [0.15, 0.2) is 16.6 Å². The van der Waals surface area contributed by atoms with Gasteiger partial charge >= 0.3 is 0 Å². The Morgan fingerprint density at radius 3 is 2.69 bits per heavy atom. The summed E-state index contributed by atoms with van der Waals surface area (Å²) in [6.45, 7) is 1.80. The summed E-state index contributed by atoms with van der Waals surface area (Å²) in [5.74, 6) is -0.140. The molecule has 0 saturated carbocycles. The summed E-state index contributed by atoms with van der Waals surface area (Å²) in [5, 5.41) is 0.490. The van der Waals surface area contributed by atoms with Crippen molar-refractivity contribution in [2.75, 3.05) is 5.73 Å². The van der Waals surface area contributed by atoms with Gasteiger partial charge in [-0.25, -0.2) is 0 Å². The van der Waals surface area contributed by atoms with Crippen LogP contribution in [0, 0.1) is 0 Å². The molecule has 0 radical (unpaired) electrons. The number of carbonyl (C=O) groups is 1. The minimum atomic E-state index is -0.695. The van der Waals surface area contributed by atoms with Crippen molar-refractivity contribution in [3.05, 3.63) is 21.6 Å². The summed E-state index contributed by atoms with van der Waals surface area (Å²) in [4.78, 5) is 11.0. The Balaban J connectivity index is 3.01. The van der Waals surface area contributed by atoms with E-state index in [2.05, 4.69) is 15.9 Å². The molecule has 88 valence electrons. The zero-order valence-corrected chi connectivity index (χ0v) is 11.0. The molecule has 1 amide bonds. The summed E-state index contributed by atoms with van der Waals surface area (Å²) in [6, 6.07) is 3.19. The smallest absolute Gasteiger partial charge is 0.258 e. The van der Waals surface area contributed by atoms with E-state index in [0.717, 1.165) is 0 Å². The Labute approximate surface area is 107 Å². The number of hydrogen-bond donors (Lipinski definition) is 2. The number of nitrogens with two attached hydrogens (primary N) is 2. The molecule has 0 heterocycles. The molecule has 0 aromatic heterocycles. The first-order valence-corrected chi connectivity index (χ1v) is 5.83. The molecule has 0 fully saturated rings. The quantitative estimate of drug-likeness (QED) is 0.838. The predicted molar refractivity (Wildman–Crippen MR) is 67.5 cm³/mol. The fourth-order valence-corrected chi connectivity index (χ4v) is 2.12. The number of rotatable bonds is 4. The van der Waals surface area contributed by atoms with Gasteiger partial charge < -0.3 is 16.2 Å². The molecule has 1 rings (SSSR count). The van der Waals surface area contributed by atoms with Crippen molar-refractivity contribution in [1.82, 2.24) is 0 Å². The SMILES string of the molecule is CCC(Oc1c(N)cc(Cl)cc1Br)C(N)=O. The Hall–Kier alpha value is -0.940. The van der Waals surface area contributed by atoms with E-state index in [1.807, 2.05) is 0 Å². The molecule has 0 aliphatic rings. The van der Waals surface area contributed by atoms with Gasteiger partial charge in [0.15, 0.2) is 11.9 Å². The third-order valence-electron chi connectivity index (χ3n) is 1.99. The maximum Gasteiger partial charge on any atom is 0.258 e. The maximum absolute atomic E-state index is 11.0. The van der Waals surface area contributed by atoms with E-state index in [1.165, 1.54) is 0 Å². The number of ether oxygens (including phenoxy) is 1. The van der Waals surface area contributed by atoms with E-state index in [0.29, 0.717) is 27.4 Å². The van der Waals surface area contributed by atoms with Gasteiger partial charge in [0.05, 0.1) is 10.2 Å². The van der Waals surface area contributed by atoms with Crippen LogP contribution in [0.4, 0.5) is 5.69 Å². The number of carbonyl (C=O) groups excluding carboxylic acids is 1. The number of nitrogen functional groups attached to an aromatic ring is 1. The van der Waals surface area contributed by atoms with Crippen molar-refractivity contribution in [3.63, 3.8) is 0 Å². The normalized spacial score (nSPS) is 12.2. The predicted octanol–water partition coefficient (Wildman–Crippen LogP) is 2.33. The van der Waals surface area contributed by atoms with E-state index in [1.54, 1.807) is 19.1 Å². The number of primary amides is 1. The van der Waals surface area contributed by atoms with Crippen LogP contribution in [0.2, 0.25) is 5.02 Å². The lowest BCUT2D eigenvalue weighted by Crippen LogP contribution is -2.33. The van der Waals surface area contributed by atoms with Crippen LogP contribution in [0.1, 0.15) is 13.3 Å². The van der Waals surface area contributed by atoms with Crippen LogP contribution in [-0.2, 0) is 4.79 Å². The highest BCUT2D eigenvalue weighted by Gasteiger charge is 2.18. The molecule has 0 spiro atoms. The molecule has 0 aliphatic carbocycles. The third-order valence-corrected chi connectivity index (χ3v) is 2.79. The summed E-state index contributed by atoms with van der Waals surface area (Å²) < 4.78 is 6.03. The van der Waals surface area contributed by atoms with Crippen molar-refractivity contribution >= 4 is 39.1 Å². The molecule has 0 bridgehead atoms. The van der Waals surface area contributed by atoms with Gasteiger partial charge in [-0.15, -0.1) is 0 Å². The minimum absolute atomic E-state index is 0.360. The second kappa shape index (κ2) is 5.41. The van der Waals surface area contributed by atoms with Crippen LogP contribution < -0.4 is 16.2 Å². The van der Waals surface area contributed by atoms with Gasteiger partial charge in [0.25, 0.3) is 5.91 Å². The molecular formula is C10H12BrClN2O2. The van der Waals surface area contributed by atoms with Crippen LogP contribution in [-0.4, -0.2) is 12.0 Å². The second-order valence-electron chi connectivity index (χ2n) is 3.22. The summed E-state index contributed by atoms with van der Waals surface area (Å²) in [7, 11) is 0. The van der Waals surface area contributed by atoms with E-state index in [-0.39, 0.29) is 0 Å². The van der Waals surface area contributed by atoms with Gasteiger partial charge in [-0.05, 0) is 34.5 Å². The average Bonchev–Trinajstić information content (AvgIpc) is 2.15. The maximum atomic E-state index is 11.0. The van der Waals surface area contributed by atoms with Crippen molar-refractivity contribution in [1.29, 1.82) is 0 Å². The van der Waals surface area contributed by atoms with Gasteiger partial charge in [0.1, 0.15) is 0 Å². The number of anilines is 1. The van der Waals surface area contributed by atoms with Crippen LogP contribution in [0.25, 0.3) is 0 Å². The highest BCUT2D eigenvalue weighted by atomic mass is 79.9. The molecule has 16 heavy (non-hydrogen) atoms. The first-order valence-electron chi connectivity index (χ1n) is 4.66. The Morgan fingerprint density at radius 2 is 2.25 bits per heavy atom. The Bertz CT molecular complexity index is 389. The molecule has 1 atom stereocenters. The van der Waals surface area contributed by atoms with Gasteiger partial charge in [-0.1, -0.05) is 18.5 Å². The molecule has 0 saturated heterocycles. The number of amides is 1. The standard InChI is InChI=1S/C10H12BrClN2O2/c1-2-8(10(14)15)16-9-6(11)3-5(12)4-7(9)13/h3-4,8H,2,13H2,1H3,(H2,14,15). The van der Waals surface area contributed by atoms with Crippen LogP contribution in [0.5, 0.6) is 5.75 Å². The number of benzene rings is 1. The van der Waals surface area contributed by atoms with Crippen LogP contribution in [0.3, 0.4) is 0 Å². The first kappa shape index (κ1) is 13.1. The largest absolute Gasteiger partial charge is 0.477 e. The van der Waals surface area contributed by atoms with Crippen LogP contribution >= 0.6 is 27.5 Å². The van der Waals surface area contributed by atoms with Crippen molar-refractivity contribution in [2.45, 2.75) is 19.4 Å². The number of hydrogen-bond acceptors (Lipinski definition) is 3. The molecule has 1 aromatic rings. The van der Waals surface area contributed by atoms with Crippen molar-refractivity contribution in [3.8, 4) is 5.75 Å². The second-order valence-corrected chi connectivity index (χ2v) is 4.51. The zero-order valence-electron chi connectivity index (χ0n) is 8.67. The highest BCUT2D eigenvalue weighted by Crippen LogP contribution is 2.35. The Kier molecular flexibility index (Phi) is 4.44. The Morgan fingerprint density at radius 1 is 1.62 bits per heavy atom. The lowest BCUT2D eigenvalue weighted by molar-refractivity contribution is -0.124. The van der Waals surface area contributed by atoms with Gasteiger partial charge in [0, 0.05) is 5.02 Å². The van der Waals surface area contributed by atoms with E-state index in [9.17, 15) is 4.79 Å². The van der Waals surface area contributed by atoms with Crippen molar-refractivity contribution < 1.29 is 9.53 Å². The van der Waals surface area contributed by atoms with E-state index in [4.69, 9.17) is 27.8 Å². The molecule has 4 nitrogen and oxygen atoms in total. The van der Waals surface area contributed by atoms with Crippen molar-refractivity contribution in [2.24, 2.45) is 5.73 Å².